The van der Waals surface area contributed by atoms with E-state index in [4.69, 9.17) is 0 Å². The van der Waals surface area contributed by atoms with Crippen LogP contribution in [0, 0.1) is 5.82 Å². The van der Waals surface area contributed by atoms with Crippen molar-refractivity contribution < 1.29 is 4.39 Å². The molecule has 16 heavy (non-hydrogen) atoms. The van der Waals surface area contributed by atoms with Crippen LogP contribution in [0.15, 0.2) is 48.9 Å². The van der Waals surface area contributed by atoms with Crippen LogP contribution in [0.5, 0.6) is 0 Å². The first-order chi connectivity index (χ1) is 7.84. The summed E-state index contributed by atoms with van der Waals surface area (Å²) in [5.74, 6) is -0.270. The van der Waals surface area contributed by atoms with Gasteiger partial charge in [-0.3, -0.25) is 4.98 Å². The topological polar surface area (TPSA) is 30.7 Å². The summed E-state index contributed by atoms with van der Waals surface area (Å²) in [7, 11) is 0. The van der Waals surface area contributed by atoms with Gasteiger partial charge in [0.05, 0.1) is 11.2 Å². The molecule has 4 heteroatoms. The third-order valence-electron chi connectivity index (χ3n) is 2.43. The van der Waals surface area contributed by atoms with E-state index >= 15 is 0 Å². The lowest BCUT2D eigenvalue weighted by Gasteiger charge is -2.05. The summed E-state index contributed by atoms with van der Waals surface area (Å²) in [5.41, 5.74) is 1.59. The molecule has 0 N–H and O–H groups in total. The van der Waals surface area contributed by atoms with Gasteiger partial charge in [0.1, 0.15) is 5.82 Å². The lowest BCUT2D eigenvalue weighted by molar-refractivity contribution is 0.629. The first-order valence-electron chi connectivity index (χ1n) is 4.89. The van der Waals surface area contributed by atoms with Crippen LogP contribution in [0.2, 0.25) is 0 Å². The molecular weight excluding hydrogens is 205 g/mol. The molecule has 3 rings (SSSR count). The molecular formula is C12H8FN3. The Morgan fingerprint density at radius 1 is 1.12 bits per heavy atom. The first kappa shape index (κ1) is 9.03. The third-order valence-corrected chi connectivity index (χ3v) is 2.43. The van der Waals surface area contributed by atoms with Crippen LogP contribution in [0.4, 0.5) is 4.39 Å². The average molecular weight is 213 g/mol. The molecule has 0 fully saturated rings. The largest absolute Gasteiger partial charge is 0.256 e. The van der Waals surface area contributed by atoms with Crippen molar-refractivity contribution in [3.8, 4) is 5.69 Å². The first-order valence-corrected chi connectivity index (χ1v) is 4.89. The van der Waals surface area contributed by atoms with Crippen molar-refractivity contribution in [1.82, 2.24) is 14.8 Å². The van der Waals surface area contributed by atoms with Gasteiger partial charge in [0.25, 0.3) is 0 Å². The van der Waals surface area contributed by atoms with E-state index in [1.807, 2.05) is 18.3 Å². The molecule has 3 nitrogen and oxygen atoms in total. The van der Waals surface area contributed by atoms with Gasteiger partial charge >= 0.3 is 0 Å². The van der Waals surface area contributed by atoms with E-state index in [1.54, 1.807) is 23.1 Å². The standard InChI is InChI=1S/C12H8FN3/c13-9-2-3-11-10(8-9)12(4-6-14-11)16-7-1-5-15-16/h1-8H. The number of nitrogens with zero attached hydrogens (tertiary/aromatic N) is 3. The zero-order valence-corrected chi connectivity index (χ0v) is 8.34. The molecule has 3 aromatic rings. The predicted molar refractivity (Wildman–Crippen MR) is 58.8 cm³/mol. The van der Waals surface area contributed by atoms with E-state index in [2.05, 4.69) is 10.1 Å². The summed E-state index contributed by atoms with van der Waals surface area (Å²) < 4.78 is 14.9. The second-order valence-electron chi connectivity index (χ2n) is 3.44. The highest BCUT2D eigenvalue weighted by Crippen LogP contribution is 2.20. The fourth-order valence-corrected chi connectivity index (χ4v) is 1.72. The van der Waals surface area contributed by atoms with Crippen LogP contribution in [-0.2, 0) is 0 Å². The molecule has 0 radical (unpaired) electrons. The smallest absolute Gasteiger partial charge is 0.124 e. The zero-order chi connectivity index (χ0) is 11.0. The van der Waals surface area contributed by atoms with Crippen molar-refractivity contribution in [3.63, 3.8) is 0 Å². The molecule has 0 aliphatic heterocycles. The molecule has 0 aliphatic rings. The fourth-order valence-electron chi connectivity index (χ4n) is 1.72. The Morgan fingerprint density at radius 3 is 2.88 bits per heavy atom. The molecule has 0 amide bonds. The maximum atomic E-state index is 13.2. The summed E-state index contributed by atoms with van der Waals surface area (Å²) >= 11 is 0. The highest BCUT2D eigenvalue weighted by atomic mass is 19.1. The molecule has 0 atom stereocenters. The van der Waals surface area contributed by atoms with Crippen LogP contribution < -0.4 is 0 Å². The maximum Gasteiger partial charge on any atom is 0.124 e. The van der Waals surface area contributed by atoms with Gasteiger partial charge in [0, 0.05) is 24.0 Å². The lowest BCUT2D eigenvalue weighted by Crippen LogP contribution is -1.96. The van der Waals surface area contributed by atoms with Gasteiger partial charge in [0.15, 0.2) is 0 Å². The summed E-state index contributed by atoms with van der Waals surface area (Å²) in [6.45, 7) is 0. The van der Waals surface area contributed by atoms with E-state index in [1.165, 1.54) is 12.1 Å². The molecule has 78 valence electrons. The molecule has 0 aliphatic carbocycles. The average Bonchev–Trinajstić information content (AvgIpc) is 2.81. The molecule has 2 heterocycles. The van der Waals surface area contributed by atoms with Crippen molar-refractivity contribution in [1.29, 1.82) is 0 Å². The Balaban J connectivity index is 2.36. The van der Waals surface area contributed by atoms with Crippen molar-refractivity contribution >= 4 is 10.9 Å². The molecule has 2 aromatic heterocycles. The van der Waals surface area contributed by atoms with Crippen LogP contribution in [0.25, 0.3) is 16.6 Å². The van der Waals surface area contributed by atoms with Crippen LogP contribution in [0.3, 0.4) is 0 Å². The van der Waals surface area contributed by atoms with E-state index < -0.39 is 0 Å². The molecule has 0 saturated heterocycles. The molecule has 0 spiro atoms. The highest BCUT2D eigenvalue weighted by Gasteiger charge is 2.04. The van der Waals surface area contributed by atoms with E-state index in [9.17, 15) is 4.39 Å². The minimum absolute atomic E-state index is 0.270. The number of benzene rings is 1. The monoisotopic (exact) mass is 213 g/mol. The van der Waals surface area contributed by atoms with Crippen molar-refractivity contribution in [2.24, 2.45) is 0 Å². The summed E-state index contributed by atoms with van der Waals surface area (Å²) in [6, 6.07) is 8.18. The number of aromatic nitrogens is 3. The molecule has 0 bridgehead atoms. The van der Waals surface area contributed by atoms with Gasteiger partial charge in [-0.25, -0.2) is 9.07 Å². The number of rotatable bonds is 1. The van der Waals surface area contributed by atoms with Crippen LogP contribution in [0.1, 0.15) is 0 Å². The Labute approximate surface area is 91.2 Å². The number of fused-ring (bicyclic) bond motifs is 1. The maximum absolute atomic E-state index is 13.2. The Kier molecular flexibility index (Phi) is 1.93. The third kappa shape index (κ3) is 1.35. The number of halogens is 1. The van der Waals surface area contributed by atoms with Gasteiger partial charge in [-0.2, -0.15) is 5.10 Å². The lowest BCUT2D eigenvalue weighted by atomic mass is 10.2. The zero-order valence-electron chi connectivity index (χ0n) is 8.34. The normalized spacial score (nSPS) is 10.8. The molecule has 1 aromatic carbocycles. The minimum Gasteiger partial charge on any atom is -0.256 e. The number of hydrogen-bond acceptors (Lipinski definition) is 2. The van der Waals surface area contributed by atoms with E-state index in [-0.39, 0.29) is 5.82 Å². The van der Waals surface area contributed by atoms with Gasteiger partial charge in [-0.1, -0.05) is 0 Å². The molecule has 0 saturated carbocycles. The Hall–Kier alpha value is -2.23. The highest BCUT2D eigenvalue weighted by molar-refractivity contribution is 5.86. The van der Waals surface area contributed by atoms with Gasteiger partial charge < -0.3 is 0 Å². The van der Waals surface area contributed by atoms with Crippen molar-refractivity contribution in [2.75, 3.05) is 0 Å². The summed E-state index contributed by atoms with van der Waals surface area (Å²) in [5, 5.41) is 4.89. The van der Waals surface area contributed by atoms with Crippen molar-refractivity contribution in [3.05, 3.63) is 54.7 Å². The second-order valence-corrected chi connectivity index (χ2v) is 3.44. The summed E-state index contributed by atoms with van der Waals surface area (Å²) in [4.78, 5) is 4.19. The SMILES string of the molecule is Fc1ccc2nccc(-n3cccn3)c2c1. The molecule has 0 unspecified atom stereocenters. The summed E-state index contributed by atoms with van der Waals surface area (Å²) in [6.07, 6.45) is 5.20. The van der Waals surface area contributed by atoms with E-state index in [0.717, 1.165) is 16.6 Å². The predicted octanol–water partition coefficient (Wildman–Crippen LogP) is 2.56. The van der Waals surface area contributed by atoms with Crippen LogP contribution in [-0.4, -0.2) is 14.8 Å². The number of pyridine rings is 1. The van der Waals surface area contributed by atoms with Gasteiger partial charge in [-0.15, -0.1) is 0 Å². The fraction of sp³-hybridized carbons (Fsp3) is 0. The minimum atomic E-state index is -0.270. The quantitative estimate of drug-likeness (QED) is 0.622. The van der Waals surface area contributed by atoms with Gasteiger partial charge in [0.2, 0.25) is 0 Å². The Morgan fingerprint density at radius 2 is 2.06 bits per heavy atom. The van der Waals surface area contributed by atoms with Gasteiger partial charge in [-0.05, 0) is 30.3 Å². The van der Waals surface area contributed by atoms with E-state index in [0.29, 0.717) is 0 Å². The Bertz CT molecular complexity index is 632. The second kappa shape index (κ2) is 3.41. The van der Waals surface area contributed by atoms with Crippen LogP contribution >= 0.6 is 0 Å². The number of hydrogen-bond donors (Lipinski definition) is 0. The van der Waals surface area contributed by atoms with Crippen molar-refractivity contribution in [2.45, 2.75) is 0 Å².